The Morgan fingerprint density at radius 2 is 0.855 bits per heavy atom. The average molecular weight is 714 g/mol. The van der Waals surface area contributed by atoms with Crippen molar-refractivity contribution in [3.63, 3.8) is 0 Å². The molecule has 0 aliphatic carbocycles. The van der Waals surface area contributed by atoms with E-state index >= 15 is 0 Å². The monoisotopic (exact) mass is 713 g/mol. The average Bonchev–Trinajstić information content (AvgIpc) is 3.53. The molecule has 4 aromatic heterocycles. The Hall–Kier alpha value is -7.58. The van der Waals surface area contributed by atoms with E-state index in [2.05, 4.69) is 63.6 Å². The number of aromatic nitrogens is 10. The molecule has 0 aliphatic rings. The third-order valence-corrected chi connectivity index (χ3v) is 9.30. The Bertz CT molecular complexity index is 2780. The first-order valence-corrected chi connectivity index (χ1v) is 17.7. The number of hydrogen-bond donors (Lipinski definition) is 0. The van der Waals surface area contributed by atoms with Gasteiger partial charge < -0.3 is 4.57 Å². The smallest absolute Gasteiger partial charge is 0.198 e. The molecule has 0 amide bonds. The first-order chi connectivity index (χ1) is 26.8. The Labute approximate surface area is 316 Å². The van der Waals surface area contributed by atoms with Crippen molar-refractivity contribution in [3.05, 3.63) is 150 Å². The molecule has 4 heterocycles. The van der Waals surface area contributed by atoms with Crippen LogP contribution in [-0.4, -0.2) is 49.4 Å². The molecule has 11 heteroatoms. The van der Waals surface area contributed by atoms with Crippen molar-refractivity contribution in [2.75, 3.05) is 0 Å². The number of aryl methyl sites for hydroxylation is 4. The quantitative estimate of drug-likeness (QED) is 0.155. The van der Waals surface area contributed by atoms with Crippen LogP contribution in [-0.2, 0) is 0 Å². The van der Waals surface area contributed by atoms with Gasteiger partial charge in [0.15, 0.2) is 34.8 Å². The maximum atomic E-state index is 8.16. The predicted octanol–water partition coefficient (Wildman–Crippen LogP) is 9.46. The number of fused-ring (bicyclic) bond motifs is 3. The van der Waals surface area contributed by atoms with Crippen LogP contribution in [0.15, 0.2) is 115 Å². The zero-order chi connectivity index (χ0) is 37.6. The highest BCUT2D eigenvalue weighted by Gasteiger charge is 2.20. The van der Waals surface area contributed by atoms with E-state index in [1.807, 2.05) is 119 Å². The standard InChI is InChI=1S/C44H31N11/c1-25-46-26(2)49-42(48-25)31-16-20-38-34(22-31)35-23-32(43-50-27(3)47-28(4)51-43)17-21-39(35)55(38)33-18-19-37(45-5)36(24-33)44-53-40(29-12-8-6-9-13-29)52-41(54-44)30-14-10-7-11-15-30/h6-24H,1-4H3. The number of hydrogen-bond acceptors (Lipinski definition) is 9. The number of rotatable bonds is 6. The molecular weight excluding hydrogens is 683 g/mol. The molecule has 0 bridgehead atoms. The van der Waals surface area contributed by atoms with E-state index in [9.17, 15) is 0 Å². The highest BCUT2D eigenvalue weighted by atomic mass is 15.1. The Kier molecular flexibility index (Phi) is 8.13. The van der Waals surface area contributed by atoms with Gasteiger partial charge in [-0.1, -0.05) is 66.7 Å². The minimum absolute atomic E-state index is 0.409. The van der Waals surface area contributed by atoms with Crippen molar-refractivity contribution >= 4 is 27.5 Å². The van der Waals surface area contributed by atoms with Crippen LogP contribution >= 0.6 is 0 Å². The van der Waals surface area contributed by atoms with E-state index < -0.39 is 0 Å². The van der Waals surface area contributed by atoms with Crippen LogP contribution in [0.4, 0.5) is 5.69 Å². The van der Waals surface area contributed by atoms with Crippen LogP contribution in [0.3, 0.4) is 0 Å². The van der Waals surface area contributed by atoms with E-state index in [0.717, 1.165) is 49.7 Å². The van der Waals surface area contributed by atoms with Gasteiger partial charge in [-0.25, -0.2) is 49.7 Å². The minimum atomic E-state index is 0.409. The van der Waals surface area contributed by atoms with Crippen LogP contribution in [0.2, 0.25) is 0 Å². The number of nitrogens with zero attached hydrogens (tertiary/aromatic N) is 11. The van der Waals surface area contributed by atoms with Gasteiger partial charge in [0.2, 0.25) is 0 Å². The van der Waals surface area contributed by atoms with Gasteiger partial charge in [-0.3, -0.25) is 0 Å². The lowest BCUT2D eigenvalue weighted by molar-refractivity contribution is 0.928. The summed E-state index contributed by atoms with van der Waals surface area (Å²) in [7, 11) is 0. The second-order valence-corrected chi connectivity index (χ2v) is 13.2. The Morgan fingerprint density at radius 1 is 0.418 bits per heavy atom. The Balaban J connectivity index is 1.28. The minimum Gasteiger partial charge on any atom is -0.309 e. The van der Waals surface area contributed by atoms with Gasteiger partial charge >= 0.3 is 0 Å². The largest absolute Gasteiger partial charge is 0.309 e. The summed E-state index contributed by atoms with van der Waals surface area (Å²) in [5, 5.41) is 1.97. The van der Waals surface area contributed by atoms with Crippen molar-refractivity contribution < 1.29 is 0 Å². The van der Waals surface area contributed by atoms with Crippen LogP contribution in [0.25, 0.3) is 89.3 Å². The first kappa shape index (κ1) is 33.3. The molecule has 0 atom stereocenters. The van der Waals surface area contributed by atoms with Crippen molar-refractivity contribution in [2.24, 2.45) is 0 Å². The van der Waals surface area contributed by atoms with Gasteiger partial charge in [0, 0.05) is 44.3 Å². The molecule has 0 fully saturated rings. The van der Waals surface area contributed by atoms with Gasteiger partial charge in [0.1, 0.15) is 23.3 Å². The zero-order valence-electron chi connectivity index (χ0n) is 30.4. The molecule has 262 valence electrons. The topological polar surface area (TPSA) is 125 Å². The van der Waals surface area contributed by atoms with Crippen LogP contribution in [0, 0.1) is 34.3 Å². The highest BCUT2D eigenvalue weighted by Crippen LogP contribution is 2.39. The fraction of sp³-hybridized carbons (Fsp3) is 0.0909. The molecule has 0 aliphatic heterocycles. The van der Waals surface area contributed by atoms with Gasteiger partial charge in [0.05, 0.1) is 17.6 Å². The molecule has 9 aromatic rings. The van der Waals surface area contributed by atoms with Gasteiger partial charge in [-0.05, 0) is 76.2 Å². The summed E-state index contributed by atoms with van der Waals surface area (Å²) < 4.78 is 2.20. The summed E-state index contributed by atoms with van der Waals surface area (Å²) in [5.74, 6) is 5.30. The van der Waals surface area contributed by atoms with Crippen molar-refractivity contribution in [3.8, 4) is 62.6 Å². The molecule has 5 aromatic carbocycles. The Morgan fingerprint density at radius 3 is 1.31 bits per heavy atom. The van der Waals surface area contributed by atoms with Crippen LogP contribution < -0.4 is 0 Å². The fourth-order valence-corrected chi connectivity index (χ4v) is 6.94. The zero-order valence-corrected chi connectivity index (χ0v) is 30.4. The first-order valence-electron chi connectivity index (χ1n) is 17.7. The molecule has 0 spiro atoms. The lowest BCUT2D eigenvalue weighted by Crippen LogP contribution is -2.01. The molecule has 0 unspecified atom stereocenters. The van der Waals surface area contributed by atoms with Crippen molar-refractivity contribution in [2.45, 2.75) is 27.7 Å². The summed E-state index contributed by atoms with van der Waals surface area (Å²) >= 11 is 0. The van der Waals surface area contributed by atoms with Crippen LogP contribution in [0.1, 0.15) is 23.3 Å². The maximum absolute atomic E-state index is 8.16. The lowest BCUT2D eigenvalue weighted by atomic mass is 10.1. The third-order valence-electron chi connectivity index (χ3n) is 9.30. The molecule has 0 saturated heterocycles. The number of benzene rings is 5. The second kappa shape index (κ2) is 13.4. The third kappa shape index (κ3) is 6.21. The van der Waals surface area contributed by atoms with E-state index in [4.69, 9.17) is 21.5 Å². The molecule has 9 rings (SSSR count). The summed E-state index contributed by atoms with van der Waals surface area (Å²) in [5.41, 5.74) is 7.21. The summed E-state index contributed by atoms with van der Waals surface area (Å²) in [4.78, 5) is 46.1. The van der Waals surface area contributed by atoms with E-state index in [0.29, 0.717) is 63.7 Å². The second-order valence-electron chi connectivity index (χ2n) is 13.2. The molecule has 11 nitrogen and oxygen atoms in total. The molecular formula is C44H31N11. The summed E-state index contributed by atoms with van der Waals surface area (Å²) in [6.45, 7) is 15.6. The molecule has 55 heavy (non-hydrogen) atoms. The predicted molar refractivity (Wildman–Crippen MR) is 213 cm³/mol. The molecule has 0 saturated carbocycles. The van der Waals surface area contributed by atoms with E-state index in [1.165, 1.54) is 0 Å². The fourth-order valence-electron chi connectivity index (χ4n) is 6.94. The van der Waals surface area contributed by atoms with Gasteiger partial charge in [0.25, 0.3) is 0 Å². The van der Waals surface area contributed by atoms with Crippen molar-refractivity contribution in [1.29, 1.82) is 0 Å². The summed E-state index contributed by atoms with van der Waals surface area (Å²) in [6.07, 6.45) is 0. The van der Waals surface area contributed by atoms with E-state index in [1.54, 1.807) is 0 Å². The SMILES string of the molecule is [C-]#[N+]c1ccc(-n2c3ccc(-c4nc(C)nc(C)n4)cc3c3cc(-c4nc(C)nc(C)n4)ccc32)cc1-c1nc(-c2ccccc2)nc(-c2ccccc2)n1. The van der Waals surface area contributed by atoms with E-state index in [-0.39, 0.29) is 0 Å². The molecule has 0 N–H and O–H groups in total. The highest BCUT2D eigenvalue weighted by molar-refractivity contribution is 6.11. The molecule has 0 radical (unpaired) electrons. The summed E-state index contributed by atoms with van der Waals surface area (Å²) in [6, 6.07) is 37.9. The van der Waals surface area contributed by atoms with Crippen LogP contribution in [0.5, 0.6) is 0 Å². The lowest BCUT2D eigenvalue weighted by Gasteiger charge is -2.13. The normalized spacial score (nSPS) is 11.3. The van der Waals surface area contributed by atoms with Gasteiger partial charge in [-0.2, -0.15) is 0 Å². The maximum Gasteiger partial charge on any atom is 0.198 e. The van der Waals surface area contributed by atoms with Crippen molar-refractivity contribution in [1.82, 2.24) is 49.4 Å². The van der Waals surface area contributed by atoms with Gasteiger partial charge in [-0.15, -0.1) is 0 Å².